The number of anilines is 1. The van der Waals surface area contributed by atoms with Crippen LogP contribution in [-0.4, -0.2) is 13.6 Å². The molecule has 0 unspecified atom stereocenters. The van der Waals surface area contributed by atoms with E-state index in [1.807, 2.05) is 12.1 Å². The molecule has 1 nitrogen and oxygen atoms in total. The Labute approximate surface area is 87.7 Å². The van der Waals surface area contributed by atoms with Crippen LogP contribution >= 0.6 is 0 Å². The Morgan fingerprint density at radius 3 is 2.71 bits per heavy atom. The zero-order chi connectivity index (χ0) is 10.2. The summed E-state index contributed by atoms with van der Waals surface area (Å²) in [6, 6.07) is 11.4. The number of nitrogens with zero attached hydrogens (tertiary/aromatic N) is 1. The molecule has 0 aromatic heterocycles. The molecule has 0 spiro atoms. The Morgan fingerprint density at radius 2 is 2.07 bits per heavy atom. The normalized spacial score (nSPS) is 10.1. The Bertz CT molecular complexity index is 230. The summed E-state index contributed by atoms with van der Waals surface area (Å²) in [5.41, 5.74) is 1.20. The minimum atomic E-state index is 1.14. The number of unbranched alkanes of at least 4 members (excludes halogenated alkanes) is 3. The first kappa shape index (κ1) is 11.1. The van der Waals surface area contributed by atoms with Crippen molar-refractivity contribution in [3.63, 3.8) is 0 Å². The van der Waals surface area contributed by atoms with Crippen LogP contribution < -0.4 is 4.90 Å². The summed E-state index contributed by atoms with van der Waals surface area (Å²) < 4.78 is 0. The molecule has 1 aromatic rings. The molecule has 1 rings (SSSR count). The van der Waals surface area contributed by atoms with Gasteiger partial charge in [0.25, 0.3) is 0 Å². The van der Waals surface area contributed by atoms with Crippen LogP contribution in [-0.2, 0) is 0 Å². The van der Waals surface area contributed by atoms with Gasteiger partial charge in [-0.25, -0.2) is 0 Å². The van der Waals surface area contributed by atoms with Crippen LogP contribution in [0.1, 0.15) is 32.6 Å². The highest BCUT2D eigenvalue weighted by molar-refractivity contribution is 5.43. The van der Waals surface area contributed by atoms with E-state index in [0.29, 0.717) is 0 Å². The predicted octanol–water partition coefficient (Wildman–Crippen LogP) is 3.50. The molecule has 1 radical (unpaired) electrons. The highest BCUT2D eigenvalue weighted by atomic mass is 15.1. The summed E-state index contributed by atoms with van der Waals surface area (Å²) in [7, 11) is 2.14. The fourth-order valence-corrected chi connectivity index (χ4v) is 1.52. The average Bonchev–Trinajstić information content (AvgIpc) is 2.25. The molecule has 0 saturated heterocycles. The molecule has 1 aromatic carbocycles. The van der Waals surface area contributed by atoms with Gasteiger partial charge in [0.2, 0.25) is 0 Å². The van der Waals surface area contributed by atoms with Crippen LogP contribution in [0.3, 0.4) is 0 Å². The van der Waals surface area contributed by atoms with Crippen LogP contribution in [0.25, 0.3) is 0 Å². The number of para-hydroxylation sites is 1. The zero-order valence-electron chi connectivity index (χ0n) is 9.29. The van der Waals surface area contributed by atoms with E-state index in [1.165, 1.54) is 31.4 Å². The van der Waals surface area contributed by atoms with Gasteiger partial charge in [0.1, 0.15) is 0 Å². The molecule has 0 N–H and O–H groups in total. The quantitative estimate of drug-likeness (QED) is 0.620. The van der Waals surface area contributed by atoms with E-state index in [9.17, 15) is 0 Å². The molecule has 77 valence electrons. The zero-order valence-corrected chi connectivity index (χ0v) is 9.29. The van der Waals surface area contributed by atoms with E-state index in [2.05, 4.69) is 37.1 Å². The van der Waals surface area contributed by atoms with Gasteiger partial charge in [-0.2, -0.15) is 0 Å². The Kier molecular flexibility index (Phi) is 5.13. The number of benzene rings is 1. The highest BCUT2D eigenvalue weighted by Gasteiger charge is 1.98. The summed E-state index contributed by atoms with van der Waals surface area (Å²) in [4.78, 5) is 2.27. The van der Waals surface area contributed by atoms with E-state index in [0.717, 1.165) is 6.54 Å². The summed E-state index contributed by atoms with van der Waals surface area (Å²) in [6.45, 7) is 3.38. The smallest absolute Gasteiger partial charge is 0.0444 e. The number of rotatable bonds is 6. The van der Waals surface area contributed by atoms with Crippen LogP contribution in [0.2, 0.25) is 0 Å². The molecule has 0 heterocycles. The summed E-state index contributed by atoms with van der Waals surface area (Å²) in [5.74, 6) is 0. The van der Waals surface area contributed by atoms with Gasteiger partial charge in [-0.1, -0.05) is 44.4 Å². The first-order valence-corrected chi connectivity index (χ1v) is 5.52. The summed E-state index contributed by atoms with van der Waals surface area (Å²) >= 11 is 0. The third kappa shape index (κ3) is 3.82. The van der Waals surface area contributed by atoms with Gasteiger partial charge in [0, 0.05) is 25.3 Å². The molecular formula is C13H20N. The van der Waals surface area contributed by atoms with Gasteiger partial charge < -0.3 is 4.90 Å². The number of hydrogen-bond donors (Lipinski definition) is 0. The third-order valence-electron chi connectivity index (χ3n) is 2.45. The van der Waals surface area contributed by atoms with Gasteiger partial charge in [-0.15, -0.1) is 0 Å². The maximum absolute atomic E-state index is 3.23. The predicted molar refractivity (Wildman–Crippen MR) is 62.7 cm³/mol. The molecule has 0 aliphatic carbocycles. The molecular weight excluding hydrogens is 170 g/mol. The fourth-order valence-electron chi connectivity index (χ4n) is 1.52. The van der Waals surface area contributed by atoms with Crippen molar-refractivity contribution in [3.05, 3.63) is 30.3 Å². The lowest BCUT2D eigenvalue weighted by Crippen LogP contribution is -2.18. The van der Waals surface area contributed by atoms with E-state index >= 15 is 0 Å². The molecule has 0 saturated carbocycles. The van der Waals surface area contributed by atoms with Crippen LogP contribution in [0.15, 0.2) is 24.3 Å². The summed E-state index contributed by atoms with van der Waals surface area (Å²) in [6.07, 6.45) is 5.29. The maximum Gasteiger partial charge on any atom is 0.0444 e. The van der Waals surface area contributed by atoms with E-state index in [1.54, 1.807) is 0 Å². The fraction of sp³-hybridized carbons (Fsp3) is 0.538. The Morgan fingerprint density at radius 1 is 1.21 bits per heavy atom. The first-order chi connectivity index (χ1) is 6.84. The molecule has 0 fully saturated rings. The van der Waals surface area contributed by atoms with Crippen molar-refractivity contribution in [2.75, 3.05) is 18.5 Å². The average molecular weight is 190 g/mol. The third-order valence-corrected chi connectivity index (χ3v) is 2.45. The Hall–Kier alpha value is -0.980. The highest BCUT2D eigenvalue weighted by Crippen LogP contribution is 2.11. The summed E-state index contributed by atoms with van der Waals surface area (Å²) in [5, 5.41) is 0. The van der Waals surface area contributed by atoms with Crippen LogP contribution in [0, 0.1) is 6.07 Å². The first-order valence-electron chi connectivity index (χ1n) is 5.52. The maximum atomic E-state index is 3.23. The van der Waals surface area contributed by atoms with Crippen LogP contribution in [0.4, 0.5) is 5.69 Å². The second kappa shape index (κ2) is 6.47. The van der Waals surface area contributed by atoms with E-state index in [-0.39, 0.29) is 0 Å². The molecule has 0 amide bonds. The van der Waals surface area contributed by atoms with Crippen molar-refractivity contribution in [1.29, 1.82) is 0 Å². The second-order valence-electron chi connectivity index (χ2n) is 3.73. The van der Waals surface area contributed by atoms with Gasteiger partial charge in [-0.05, 0) is 12.5 Å². The molecule has 1 heteroatoms. The topological polar surface area (TPSA) is 3.24 Å². The minimum Gasteiger partial charge on any atom is -0.374 e. The van der Waals surface area contributed by atoms with E-state index < -0.39 is 0 Å². The minimum absolute atomic E-state index is 1.14. The lowest BCUT2D eigenvalue weighted by molar-refractivity contribution is 0.661. The monoisotopic (exact) mass is 190 g/mol. The van der Waals surface area contributed by atoms with Crippen molar-refractivity contribution in [2.45, 2.75) is 32.6 Å². The largest absolute Gasteiger partial charge is 0.374 e. The molecule has 0 aliphatic heterocycles. The number of hydrogen-bond acceptors (Lipinski definition) is 1. The lowest BCUT2D eigenvalue weighted by atomic mass is 10.2. The van der Waals surface area contributed by atoms with Gasteiger partial charge in [0.05, 0.1) is 0 Å². The lowest BCUT2D eigenvalue weighted by Gasteiger charge is -2.18. The van der Waals surface area contributed by atoms with Gasteiger partial charge in [0.15, 0.2) is 0 Å². The van der Waals surface area contributed by atoms with Crippen molar-refractivity contribution < 1.29 is 0 Å². The second-order valence-corrected chi connectivity index (χ2v) is 3.73. The van der Waals surface area contributed by atoms with Crippen LogP contribution in [0.5, 0.6) is 0 Å². The van der Waals surface area contributed by atoms with Crippen molar-refractivity contribution in [3.8, 4) is 0 Å². The Balaban J connectivity index is 2.25. The van der Waals surface area contributed by atoms with Crippen molar-refractivity contribution in [1.82, 2.24) is 0 Å². The van der Waals surface area contributed by atoms with Crippen molar-refractivity contribution in [2.24, 2.45) is 0 Å². The molecule has 0 aliphatic rings. The molecule has 0 atom stereocenters. The standard InChI is InChI=1S/C13H20N/c1-3-4-5-9-12-14(2)13-10-7-6-8-11-13/h6-8,10H,3-5,9,12H2,1-2H3. The van der Waals surface area contributed by atoms with Gasteiger partial charge >= 0.3 is 0 Å². The molecule has 14 heavy (non-hydrogen) atoms. The molecule has 0 bridgehead atoms. The van der Waals surface area contributed by atoms with Gasteiger partial charge in [-0.3, -0.25) is 0 Å². The SMILES string of the molecule is CCCCCCN(C)c1[c]cccc1. The van der Waals surface area contributed by atoms with Crippen molar-refractivity contribution >= 4 is 5.69 Å². The van der Waals surface area contributed by atoms with E-state index in [4.69, 9.17) is 0 Å².